The lowest BCUT2D eigenvalue weighted by Crippen LogP contribution is -2.50. The second kappa shape index (κ2) is 12.3. The Morgan fingerprint density at radius 1 is 0.857 bits per heavy atom. The van der Waals surface area contributed by atoms with Crippen molar-refractivity contribution in [1.82, 2.24) is 9.80 Å². The van der Waals surface area contributed by atoms with Gasteiger partial charge in [-0.25, -0.2) is 0 Å². The summed E-state index contributed by atoms with van der Waals surface area (Å²) >= 11 is 0. The molecule has 4 rings (SSSR count). The third-order valence-corrected chi connectivity index (χ3v) is 6.58. The molecule has 1 heterocycles. The van der Waals surface area contributed by atoms with Crippen LogP contribution in [0.25, 0.3) is 0 Å². The molecule has 1 fully saturated rings. The highest BCUT2D eigenvalue weighted by atomic mass is 16.5. The zero-order valence-corrected chi connectivity index (χ0v) is 20.4. The highest BCUT2D eigenvalue weighted by Gasteiger charge is 2.30. The van der Waals surface area contributed by atoms with Gasteiger partial charge in [0.25, 0.3) is 5.91 Å². The van der Waals surface area contributed by atoms with Crippen molar-refractivity contribution in [3.8, 4) is 0 Å². The summed E-state index contributed by atoms with van der Waals surface area (Å²) in [7, 11) is 0. The van der Waals surface area contributed by atoms with E-state index in [1.165, 1.54) is 0 Å². The molecule has 182 valence electrons. The number of hydrogen-bond donors (Lipinski definition) is 0. The first kappa shape index (κ1) is 24.7. The minimum absolute atomic E-state index is 0.0107. The Hall–Kier alpha value is -3.44. The lowest BCUT2D eigenvalue weighted by Gasteiger charge is -2.38. The van der Waals surface area contributed by atoms with E-state index in [-0.39, 0.29) is 30.6 Å². The van der Waals surface area contributed by atoms with E-state index < -0.39 is 0 Å². The number of carbonyl (C=O) groups is 2. The van der Waals surface area contributed by atoms with Crippen molar-refractivity contribution < 1.29 is 14.3 Å². The molecular weight excluding hydrogens is 436 g/mol. The van der Waals surface area contributed by atoms with E-state index in [4.69, 9.17) is 4.74 Å². The Morgan fingerprint density at radius 3 is 1.89 bits per heavy atom. The fourth-order valence-corrected chi connectivity index (χ4v) is 4.77. The van der Waals surface area contributed by atoms with Crippen LogP contribution in [0.2, 0.25) is 0 Å². The molecule has 0 unspecified atom stereocenters. The molecule has 0 aliphatic carbocycles. The molecule has 3 aromatic carbocycles. The third kappa shape index (κ3) is 6.37. The Morgan fingerprint density at radius 2 is 1.37 bits per heavy atom. The van der Waals surface area contributed by atoms with Gasteiger partial charge >= 0.3 is 0 Å². The van der Waals surface area contributed by atoms with Crippen LogP contribution in [0.15, 0.2) is 91.0 Å². The lowest BCUT2D eigenvalue weighted by molar-refractivity contribution is -0.140. The number of amides is 2. The van der Waals surface area contributed by atoms with Crippen LogP contribution < -0.4 is 0 Å². The van der Waals surface area contributed by atoms with Crippen LogP contribution in [0, 0.1) is 0 Å². The second-order valence-corrected chi connectivity index (χ2v) is 8.99. The summed E-state index contributed by atoms with van der Waals surface area (Å²) in [5, 5.41) is 0. The van der Waals surface area contributed by atoms with Crippen molar-refractivity contribution in [2.45, 2.75) is 38.3 Å². The van der Waals surface area contributed by atoms with Crippen LogP contribution >= 0.6 is 0 Å². The van der Waals surface area contributed by atoms with E-state index in [1.54, 1.807) is 0 Å². The Bertz CT molecular complexity index is 1030. The first-order valence-electron chi connectivity index (χ1n) is 12.5. The van der Waals surface area contributed by atoms with Crippen molar-refractivity contribution in [3.05, 3.63) is 108 Å². The van der Waals surface area contributed by atoms with Crippen LogP contribution in [0.3, 0.4) is 0 Å². The SMILES string of the molecule is CCCN(C(=O)COC(c1ccccc1)c1ccccc1)C1CCN(C(=O)c2ccccc2)CC1. The summed E-state index contributed by atoms with van der Waals surface area (Å²) in [5.41, 5.74) is 2.77. The van der Waals surface area contributed by atoms with Crippen molar-refractivity contribution >= 4 is 11.8 Å². The van der Waals surface area contributed by atoms with Gasteiger partial charge < -0.3 is 14.5 Å². The summed E-state index contributed by atoms with van der Waals surface area (Å²) in [6, 6.07) is 29.6. The predicted molar refractivity (Wildman–Crippen MR) is 138 cm³/mol. The van der Waals surface area contributed by atoms with Crippen LogP contribution in [-0.4, -0.2) is 53.9 Å². The van der Waals surface area contributed by atoms with Crippen LogP contribution in [0.1, 0.15) is 53.8 Å². The van der Waals surface area contributed by atoms with Crippen molar-refractivity contribution in [1.29, 1.82) is 0 Å². The number of rotatable bonds is 9. The molecule has 0 aromatic heterocycles. The molecule has 0 N–H and O–H groups in total. The number of nitrogens with zero attached hydrogens (tertiary/aromatic N) is 2. The lowest BCUT2D eigenvalue weighted by atomic mass is 10.0. The Kier molecular flexibility index (Phi) is 8.68. The van der Waals surface area contributed by atoms with E-state index >= 15 is 0 Å². The first-order chi connectivity index (χ1) is 17.2. The summed E-state index contributed by atoms with van der Waals surface area (Å²) < 4.78 is 6.26. The Labute approximate surface area is 208 Å². The largest absolute Gasteiger partial charge is 0.359 e. The normalized spacial score (nSPS) is 14.2. The van der Waals surface area contributed by atoms with Crippen LogP contribution in [-0.2, 0) is 9.53 Å². The quantitative estimate of drug-likeness (QED) is 0.424. The number of benzene rings is 3. The molecule has 3 aromatic rings. The van der Waals surface area contributed by atoms with Gasteiger partial charge in [-0.2, -0.15) is 0 Å². The number of carbonyl (C=O) groups excluding carboxylic acids is 2. The zero-order chi connectivity index (χ0) is 24.5. The fourth-order valence-electron chi connectivity index (χ4n) is 4.77. The van der Waals surface area contributed by atoms with E-state index in [9.17, 15) is 9.59 Å². The van der Waals surface area contributed by atoms with Gasteiger partial charge in [-0.15, -0.1) is 0 Å². The highest BCUT2D eigenvalue weighted by molar-refractivity contribution is 5.94. The van der Waals surface area contributed by atoms with Gasteiger partial charge in [0, 0.05) is 31.2 Å². The summed E-state index contributed by atoms with van der Waals surface area (Å²) in [6.45, 7) is 4.12. The first-order valence-corrected chi connectivity index (χ1v) is 12.5. The van der Waals surface area contributed by atoms with Crippen molar-refractivity contribution in [3.63, 3.8) is 0 Å². The minimum atomic E-state index is -0.296. The monoisotopic (exact) mass is 470 g/mol. The third-order valence-electron chi connectivity index (χ3n) is 6.58. The number of piperidine rings is 1. The standard InChI is InChI=1S/C30H34N2O3/c1-2-20-32(27-18-21-31(22-19-27)30(34)26-16-10-5-11-17-26)28(33)23-35-29(24-12-6-3-7-13-24)25-14-8-4-9-15-25/h3-17,27,29H,2,18-23H2,1H3. The smallest absolute Gasteiger partial charge is 0.253 e. The summed E-state index contributed by atoms with van der Waals surface area (Å²) in [4.78, 5) is 30.0. The topological polar surface area (TPSA) is 49.9 Å². The molecule has 2 amide bonds. The maximum Gasteiger partial charge on any atom is 0.253 e. The van der Waals surface area contributed by atoms with Crippen LogP contribution in [0.5, 0.6) is 0 Å². The maximum absolute atomic E-state index is 13.4. The van der Waals surface area contributed by atoms with Gasteiger partial charge in [0.15, 0.2) is 0 Å². The van der Waals surface area contributed by atoms with Crippen molar-refractivity contribution in [2.24, 2.45) is 0 Å². The summed E-state index contributed by atoms with van der Waals surface area (Å²) in [6.07, 6.45) is 2.15. The number of hydrogen-bond acceptors (Lipinski definition) is 3. The van der Waals surface area contributed by atoms with Crippen LogP contribution in [0.4, 0.5) is 0 Å². The summed E-state index contributed by atoms with van der Waals surface area (Å²) in [5.74, 6) is 0.0749. The average molecular weight is 471 g/mol. The molecule has 0 spiro atoms. The van der Waals surface area contributed by atoms with Gasteiger partial charge in [0.2, 0.25) is 5.91 Å². The van der Waals surface area contributed by atoms with Gasteiger partial charge in [-0.1, -0.05) is 85.8 Å². The molecular formula is C30H34N2O3. The van der Waals surface area contributed by atoms with E-state index in [0.29, 0.717) is 25.2 Å². The number of ether oxygens (including phenoxy) is 1. The van der Waals surface area contributed by atoms with Gasteiger partial charge in [0.1, 0.15) is 12.7 Å². The second-order valence-electron chi connectivity index (χ2n) is 8.99. The predicted octanol–water partition coefficient (Wildman–Crippen LogP) is 5.34. The zero-order valence-electron chi connectivity index (χ0n) is 20.4. The molecule has 1 aliphatic rings. The average Bonchev–Trinajstić information content (AvgIpc) is 2.93. The fraction of sp³-hybridized carbons (Fsp3) is 0.333. The molecule has 0 radical (unpaired) electrons. The van der Waals surface area contributed by atoms with Gasteiger partial charge in [0.05, 0.1) is 0 Å². The van der Waals surface area contributed by atoms with Gasteiger partial charge in [-0.3, -0.25) is 9.59 Å². The maximum atomic E-state index is 13.4. The van der Waals surface area contributed by atoms with Gasteiger partial charge in [-0.05, 0) is 42.5 Å². The minimum Gasteiger partial charge on any atom is -0.359 e. The molecule has 5 heteroatoms. The van der Waals surface area contributed by atoms with E-state index in [2.05, 4.69) is 6.92 Å². The van der Waals surface area contributed by atoms with E-state index in [0.717, 1.165) is 30.4 Å². The molecule has 1 aliphatic heterocycles. The molecule has 0 atom stereocenters. The van der Waals surface area contributed by atoms with Crippen molar-refractivity contribution in [2.75, 3.05) is 26.2 Å². The molecule has 5 nitrogen and oxygen atoms in total. The number of likely N-dealkylation sites (tertiary alicyclic amines) is 1. The van der Waals surface area contributed by atoms with E-state index in [1.807, 2.05) is 101 Å². The molecule has 35 heavy (non-hydrogen) atoms. The molecule has 0 bridgehead atoms. The highest BCUT2D eigenvalue weighted by Crippen LogP contribution is 2.26. The Balaban J connectivity index is 1.39. The molecule has 1 saturated heterocycles. The molecule has 0 saturated carbocycles.